The largest absolute Gasteiger partial charge is 0.381 e. The predicted octanol–water partition coefficient (Wildman–Crippen LogP) is 1.30. The lowest BCUT2D eigenvalue weighted by Crippen LogP contribution is -2.41. The molecule has 2 N–H and O–H groups in total. The van der Waals surface area contributed by atoms with Crippen LogP contribution in [0.1, 0.15) is 33.6 Å². The highest BCUT2D eigenvalue weighted by atomic mass is 32.2. The van der Waals surface area contributed by atoms with Crippen molar-refractivity contribution < 1.29 is 8.42 Å². The van der Waals surface area contributed by atoms with Crippen LogP contribution < -0.4 is 5.73 Å². The van der Waals surface area contributed by atoms with Crippen molar-refractivity contribution >= 4 is 15.8 Å². The van der Waals surface area contributed by atoms with E-state index in [1.165, 1.54) is 10.5 Å². The second-order valence-corrected chi connectivity index (χ2v) is 7.71. The molecule has 0 bridgehead atoms. The van der Waals surface area contributed by atoms with Gasteiger partial charge in [-0.05, 0) is 25.2 Å². The number of anilines is 1. The van der Waals surface area contributed by atoms with Gasteiger partial charge in [0, 0.05) is 25.8 Å². The fourth-order valence-corrected chi connectivity index (χ4v) is 3.75. The number of aromatic nitrogens is 2. The molecule has 1 aliphatic rings. The monoisotopic (exact) mass is 286 g/mol. The number of nitrogen functional groups attached to an aromatic ring is 1. The summed E-state index contributed by atoms with van der Waals surface area (Å²) >= 11 is 0. The van der Waals surface area contributed by atoms with Gasteiger partial charge in [0.1, 0.15) is 4.90 Å². The summed E-state index contributed by atoms with van der Waals surface area (Å²) in [4.78, 5) is 0.133. The first-order chi connectivity index (χ1) is 8.76. The van der Waals surface area contributed by atoms with E-state index in [0.717, 1.165) is 12.8 Å². The molecule has 108 valence electrons. The second-order valence-electron chi connectivity index (χ2n) is 5.80. The van der Waals surface area contributed by atoms with Crippen molar-refractivity contribution in [2.75, 3.05) is 18.8 Å². The van der Waals surface area contributed by atoms with Crippen molar-refractivity contribution in [1.82, 2.24) is 14.1 Å². The zero-order chi connectivity index (χ0) is 14.3. The lowest BCUT2D eigenvalue weighted by atomic mass is 9.83. The third-order valence-electron chi connectivity index (χ3n) is 3.77. The number of sulfonamides is 1. The van der Waals surface area contributed by atoms with Crippen LogP contribution in [0.15, 0.2) is 11.1 Å². The van der Waals surface area contributed by atoms with E-state index < -0.39 is 10.0 Å². The minimum absolute atomic E-state index is 0.0895. The molecule has 0 spiro atoms. The molecular weight excluding hydrogens is 264 g/mol. The molecule has 0 aromatic carbocycles. The SMILES string of the molecule is CCn1cc(S(=O)(=O)N2CCC(C)(C)CC2)c(N)n1. The highest BCUT2D eigenvalue weighted by Crippen LogP contribution is 2.33. The molecule has 19 heavy (non-hydrogen) atoms. The van der Waals surface area contributed by atoms with Crippen LogP contribution in [-0.2, 0) is 16.6 Å². The Kier molecular flexibility index (Phi) is 3.61. The number of hydrogen-bond acceptors (Lipinski definition) is 4. The number of rotatable bonds is 3. The highest BCUT2D eigenvalue weighted by Gasteiger charge is 2.34. The quantitative estimate of drug-likeness (QED) is 0.908. The first-order valence-electron chi connectivity index (χ1n) is 6.59. The summed E-state index contributed by atoms with van der Waals surface area (Å²) in [6.07, 6.45) is 3.26. The predicted molar refractivity (Wildman–Crippen MR) is 74.1 cm³/mol. The lowest BCUT2D eigenvalue weighted by Gasteiger charge is -2.35. The Bertz CT molecular complexity index is 552. The van der Waals surface area contributed by atoms with Gasteiger partial charge in [0.05, 0.1) is 0 Å². The maximum absolute atomic E-state index is 12.5. The Labute approximate surface area is 114 Å². The molecule has 2 rings (SSSR count). The first-order valence-corrected chi connectivity index (χ1v) is 8.03. The molecule has 6 nitrogen and oxygen atoms in total. The van der Waals surface area contributed by atoms with Gasteiger partial charge in [-0.2, -0.15) is 9.40 Å². The molecule has 7 heteroatoms. The topological polar surface area (TPSA) is 81.2 Å². The smallest absolute Gasteiger partial charge is 0.248 e. The Hall–Kier alpha value is -1.08. The zero-order valence-electron chi connectivity index (χ0n) is 11.8. The van der Waals surface area contributed by atoms with Gasteiger partial charge in [-0.15, -0.1) is 0 Å². The zero-order valence-corrected chi connectivity index (χ0v) is 12.6. The summed E-state index contributed by atoms with van der Waals surface area (Å²) in [7, 11) is -3.51. The third-order valence-corrected chi connectivity index (χ3v) is 5.69. The Morgan fingerprint density at radius 2 is 1.95 bits per heavy atom. The van der Waals surface area contributed by atoms with Crippen molar-refractivity contribution in [1.29, 1.82) is 0 Å². The van der Waals surface area contributed by atoms with Crippen molar-refractivity contribution in [3.05, 3.63) is 6.20 Å². The molecular formula is C12H22N4O2S. The average molecular weight is 286 g/mol. The van der Waals surface area contributed by atoms with Gasteiger partial charge in [0.15, 0.2) is 5.82 Å². The van der Waals surface area contributed by atoms with Gasteiger partial charge >= 0.3 is 0 Å². The van der Waals surface area contributed by atoms with Crippen LogP contribution in [0.25, 0.3) is 0 Å². The molecule has 1 aromatic rings. The van der Waals surface area contributed by atoms with E-state index in [1.807, 2.05) is 6.92 Å². The minimum Gasteiger partial charge on any atom is -0.381 e. The van der Waals surface area contributed by atoms with Gasteiger partial charge in [0.25, 0.3) is 0 Å². The van der Waals surface area contributed by atoms with Crippen molar-refractivity contribution in [2.24, 2.45) is 5.41 Å². The highest BCUT2D eigenvalue weighted by molar-refractivity contribution is 7.89. The van der Waals surface area contributed by atoms with Crippen LogP contribution in [-0.4, -0.2) is 35.6 Å². The van der Waals surface area contributed by atoms with Gasteiger partial charge in [-0.3, -0.25) is 4.68 Å². The van der Waals surface area contributed by atoms with E-state index in [2.05, 4.69) is 18.9 Å². The summed E-state index contributed by atoms with van der Waals surface area (Å²) in [6, 6.07) is 0. The van der Waals surface area contributed by atoms with Crippen molar-refractivity contribution in [3.8, 4) is 0 Å². The van der Waals surface area contributed by atoms with Crippen LogP contribution in [0.4, 0.5) is 5.82 Å². The molecule has 0 saturated carbocycles. The van der Waals surface area contributed by atoms with E-state index in [1.54, 1.807) is 4.68 Å². The fraction of sp³-hybridized carbons (Fsp3) is 0.750. The van der Waals surface area contributed by atoms with E-state index >= 15 is 0 Å². The molecule has 1 fully saturated rings. The van der Waals surface area contributed by atoms with Gasteiger partial charge in [-0.1, -0.05) is 13.8 Å². The van der Waals surface area contributed by atoms with Crippen molar-refractivity contribution in [3.63, 3.8) is 0 Å². The number of aryl methyl sites for hydroxylation is 1. The molecule has 1 aromatic heterocycles. The number of nitrogens with zero attached hydrogens (tertiary/aromatic N) is 3. The summed E-state index contributed by atoms with van der Waals surface area (Å²) in [5.74, 6) is 0.0895. The third kappa shape index (κ3) is 2.76. The molecule has 1 saturated heterocycles. The van der Waals surface area contributed by atoms with Gasteiger partial charge in [0.2, 0.25) is 10.0 Å². The van der Waals surface area contributed by atoms with Crippen molar-refractivity contribution in [2.45, 2.75) is 45.1 Å². The molecule has 0 amide bonds. The average Bonchev–Trinajstić information content (AvgIpc) is 2.70. The normalized spacial score (nSPS) is 20.6. The Balaban J connectivity index is 2.25. The molecule has 0 atom stereocenters. The van der Waals surface area contributed by atoms with Crippen LogP contribution in [0, 0.1) is 5.41 Å². The van der Waals surface area contributed by atoms with Crippen LogP contribution in [0.2, 0.25) is 0 Å². The Morgan fingerprint density at radius 1 is 1.37 bits per heavy atom. The van der Waals surface area contributed by atoms with E-state index in [0.29, 0.717) is 19.6 Å². The van der Waals surface area contributed by atoms with Crippen LogP contribution in [0.5, 0.6) is 0 Å². The van der Waals surface area contributed by atoms with Gasteiger partial charge < -0.3 is 5.73 Å². The van der Waals surface area contributed by atoms with E-state index in [-0.39, 0.29) is 16.1 Å². The summed E-state index contributed by atoms with van der Waals surface area (Å²) in [6.45, 7) is 7.93. The number of hydrogen-bond donors (Lipinski definition) is 1. The molecule has 0 unspecified atom stereocenters. The maximum Gasteiger partial charge on any atom is 0.248 e. The fourth-order valence-electron chi connectivity index (χ4n) is 2.25. The molecule has 1 aliphatic heterocycles. The van der Waals surface area contributed by atoms with E-state index in [9.17, 15) is 8.42 Å². The Morgan fingerprint density at radius 3 is 2.42 bits per heavy atom. The lowest BCUT2D eigenvalue weighted by molar-refractivity contribution is 0.196. The second kappa shape index (κ2) is 4.79. The standard InChI is InChI=1S/C12H22N4O2S/c1-4-15-9-10(11(13)14-15)19(17,18)16-7-5-12(2,3)6-8-16/h9H,4-8H2,1-3H3,(H2,13,14). The summed E-state index contributed by atoms with van der Waals surface area (Å²) < 4.78 is 28.2. The summed E-state index contributed by atoms with van der Waals surface area (Å²) in [5, 5.41) is 4.01. The summed E-state index contributed by atoms with van der Waals surface area (Å²) in [5.41, 5.74) is 5.94. The number of piperidine rings is 1. The molecule has 0 radical (unpaired) electrons. The first kappa shape index (κ1) is 14.3. The van der Waals surface area contributed by atoms with Crippen LogP contribution >= 0.6 is 0 Å². The minimum atomic E-state index is -3.51. The van der Waals surface area contributed by atoms with Crippen LogP contribution in [0.3, 0.4) is 0 Å². The van der Waals surface area contributed by atoms with Gasteiger partial charge in [-0.25, -0.2) is 8.42 Å². The maximum atomic E-state index is 12.5. The molecule has 2 heterocycles. The molecule has 0 aliphatic carbocycles. The van der Waals surface area contributed by atoms with E-state index in [4.69, 9.17) is 5.73 Å². The number of nitrogens with two attached hydrogens (primary N) is 1.